The zero-order valence-corrected chi connectivity index (χ0v) is 17.8. The summed E-state index contributed by atoms with van der Waals surface area (Å²) in [5, 5.41) is 18.5. The van der Waals surface area contributed by atoms with Crippen molar-refractivity contribution in [2.75, 3.05) is 11.9 Å². The smallest absolute Gasteiger partial charge is 0.165 e. The summed E-state index contributed by atoms with van der Waals surface area (Å²) in [5.74, 6) is 1.48. The maximum Gasteiger partial charge on any atom is 0.165 e. The molecule has 1 aliphatic rings. The van der Waals surface area contributed by atoms with Crippen molar-refractivity contribution in [3.8, 4) is 17.1 Å². The molecule has 160 valence electrons. The van der Waals surface area contributed by atoms with E-state index in [0.29, 0.717) is 11.4 Å². The van der Waals surface area contributed by atoms with Gasteiger partial charge in [0.05, 0.1) is 11.1 Å². The third kappa shape index (κ3) is 4.20. The van der Waals surface area contributed by atoms with Gasteiger partial charge >= 0.3 is 0 Å². The van der Waals surface area contributed by atoms with E-state index in [2.05, 4.69) is 41.5 Å². The fourth-order valence-electron chi connectivity index (χ4n) is 4.30. The van der Waals surface area contributed by atoms with Crippen LogP contribution in [0.5, 0.6) is 5.75 Å². The summed E-state index contributed by atoms with van der Waals surface area (Å²) < 4.78 is 0. The molecule has 0 bridgehead atoms. The number of phenols is 1. The molecule has 1 fully saturated rings. The van der Waals surface area contributed by atoms with Crippen LogP contribution >= 0.6 is 0 Å². The third-order valence-electron chi connectivity index (χ3n) is 5.99. The van der Waals surface area contributed by atoms with Gasteiger partial charge in [-0.25, -0.2) is 9.97 Å². The molecule has 3 N–H and O–H groups in total. The van der Waals surface area contributed by atoms with E-state index in [1.54, 1.807) is 12.1 Å². The number of nitrogens with zero attached hydrogens (tertiary/aromatic N) is 2. The third-order valence-corrected chi connectivity index (χ3v) is 5.99. The number of benzene rings is 3. The lowest BCUT2D eigenvalue weighted by Crippen LogP contribution is -2.25. The normalized spacial score (nSPS) is 18.0. The Labute approximate surface area is 187 Å². The Morgan fingerprint density at radius 3 is 2.56 bits per heavy atom. The predicted molar refractivity (Wildman–Crippen MR) is 130 cm³/mol. The van der Waals surface area contributed by atoms with Gasteiger partial charge in [0, 0.05) is 24.0 Å². The molecule has 0 amide bonds. The van der Waals surface area contributed by atoms with E-state index in [1.165, 1.54) is 11.1 Å². The van der Waals surface area contributed by atoms with Crippen LogP contribution in [0, 0.1) is 0 Å². The molecule has 5 rings (SSSR count). The van der Waals surface area contributed by atoms with E-state index < -0.39 is 0 Å². The van der Waals surface area contributed by atoms with Crippen molar-refractivity contribution in [2.24, 2.45) is 0 Å². The SMILES string of the molecule is C=C(Cc1ccccc1)[C@H]1C[C@H](Nc2nc(-c3ccccc3O)nc3ccccc23)CN1. The molecule has 32 heavy (non-hydrogen) atoms. The Hall–Kier alpha value is -3.70. The molecule has 4 aromatic rings. The van der Waals surface area contributed by atoms with Crippen molar-refractivity contribution in [1.29, 1.82) is 0 Å². The van der Waals surface area contributed by atoms with Crippen LogP contribution in [0.2, 0.25) is 0 Å². The lowest BCUT2D eigenvalue weighted by molar-refractivity contribution is 0.477. The van der Waals surface area contributed by atoms with Gasteiger partial charge in [0.25, 0.3) is 0 Å². The van der Waals surface area contributed by atoms with E-state index >= 15 is 0 Å². The second-order valence-corrected chi connectivity index (χ2v) is 8.29. The van der Waals surface area contributed by atoms with Crippen molar-refractivity contribution in [1.82, 2.24) is 15.3 Å². The minimum atomic E-state index is 0.175. The molecule has 1 aromatic heterocycles. The summed E-state index contributed by atoms with van der Waals surface area (Å²) in [7, 11) is 0. The summed E-state index contributed by atoms with van der Waals surface area (Å²) in [5.41, 5.74) is 3.95. The monoisotopic (exact) mass is 422 g/mol. The van der Waals surface area contributed by atoms with Gasteiger partial charge in [-0.1, -0.05) is 66.7 Å². The summed E-state index contributed by atoms with van der Waals surface area (Å²) >= 11 is 0. The number of nitrogens with one attached hydrogen (secondary N) is 2. The summed E-state index contributed by atoms with van der Waals surface area (Å²) in [6.07, 6.45) is 1.81. The summed E-state index contributed by atoms with van der Waals surface area (Å²) in [4.78, 5) is 9.49. The summed E-state index contributed by atoms with van der Waals surface area (Å²) in [6, 6.07) is 26.1. The molecule has 2 heterocycles. The van der Waals surface area contributed by atoms with Crippen LogP contribution in [0.15, 0.2) is 91.0 Å². The largest absolute Gasteiger partial charge is 0.507 e. The van der Waals surface area contributed by atoms with Gasteiger partial charge in [0.1, 0.15) is 11.6 Å². The Bertz CT molecular complexity index is 1250. The minimum Gasteiger partial charge on any atom is -0.507 e. The molecule has 0 radical (unpaired) electrons. The van der Waals surface area contributed by atoms with E-state index in [0.717, 1.165) is 36.1 Å². The molecule has 5 heteroatoms. The molecule has 0 aliphatic carbocycles. The van der Waals surface area contributed by atoms with E-state index in [4.69, 9.17) is 9.97 Å². The van der Waals surface area contributed by atoms with Crippen molar-refractivity contribution in [3.63, 3.8) is 0 Å². The number of anilines is 1. The summed E-state index contributed by atoms with van der Waals surface area (Å²) in [6.45, 7) is 5.18. The van der Waals surface area contributed by atoms with Crippen LogP contribution in [0.1, 0.15) is 12.0 Å². The molecule has 0 unspecified atom stereocenters. The second-order valence-electron chi connectivity index (χ2n) is 8.29. The van der Waals surface area contributed by atoms with Crippen molar-refractivity contribution < 1.29 is 5.11 Å². The molecule has 0 saturated carbocycles. The average Bonchev–Trinajstić information content (AvgIpc) is 3.29. The van der Waals surface area contributed by atoms with Crippen LogP contribution in [-0.2, 0) is 6.42 Å². The number of para-hydroxylation sites is 2. The second kappa shape index (κ2) is 8.81. The number of hydrogen-bond donors (Lipinski definition) is 3. The van der Waals surface area contributed by atoms with Crippen LogP contribution < -0.4 is 10.6 Å². The molecule has 1 aliphatic heterocycles. The van der Waals surface area contributed by atoms with E-state index in [1.807, 2.05) is 42.5 Å². The number of phenolic OH excluding ortho intramolecular Hbond substituents is 1. The van der Waals surface area contributed by atoms with Crippen molar-refractivity contribution in [3.05, 3.63) is 96.6 Å². The van der Waals surface area contributed by atoms with Gasteiger partial charge in [-0.05, 0) is 42.7 Å². The lowest BCUT2D eigenvalue weighted by atomic mass is 9.98. The molecular weight excluding hydrogens is 396 g/mol. The Balaban J connectivity index is 1.37. The fourth-order valence-corrected chi connectivity index (χ4v) is 4.30. The highest BCUT2D eigenvalue weighted by molar-refractivity contribution is 5.91. The first-order chi connectivity index (χ1) is 15.7. The topological polar surface area (TPSA) is 70.1 Å². The van der Waals surface area contributed by atoms with Crippen LogP contribution in [0.3, 0.4) is 0 Å². The maximum atomic E-state index is 10.3. The quantitative estimate of drug-likeness (QED) is 0.384. The molecule has 3 aromatic carbocycles. The van der Waals surface area contributed by atoms with Gasteiger partial charge < -0.3 is 15.7 Å². The molecule has 5 nitrogen and oxygen atoms in total. The number of fused-ring (bicyclic) bond motifs is 1. The average molecular weight is 423 g/mol. The highest BCUT2D eigenvalue weighted by atomic mass is 16.3. The molecular formula is C27H26N4O. The first-order valence-corrected chi connectivity index (χ1v) is 10.9. The zero-order chi connectivity index (χ0) is 21.9. The minimum absolute atomic E-state index is 0.175. The molecule has 0 spiro atoms. The fraction of sp³-hybridized carbons (Fsp3) is 0.185. The van der Waals surface area contributed by atoms with Crippen LogP contribution in [0.4, 0.5) is 5.82 Å². The zero-order valence-electron chi connectivity index (χ0n) is 17.8. The predicted octanol–water partition coefficient (Wildman–Crippen LogP) is 4.94. The van der Waals surface area contributed by atoms with Crippen molar-refractivity contribution in [2.45, 2.75) is 24.9 Å². The maximum absolute atomic E-state index is 10.3. The molecule has 2 atom stereocenters. The van der Waals surface area contributed by atoms with Crippen LogP contribution in [0.25, 0.3) is 22.3 Å². The number of aromatic nitrogens is 2. The highest BCUT2D eigenvalue weighted by Gasteiger charge is 2.27. The number of aromatic hydroxyl groups is 1. The Kier molecular flexibility index (Phi) is 5.57. The Morgan fingerprint density at radius 1 is 0.969 bits per heavy atom. The van der Waals surface area contributed by atoms with Gasteiger partial charge in [0.15, 0.2) is 5.82 Å². The first-order valence-electron chi connectivity index (χ1n) is 10.9. The molecule has 1 saturated heterocycles. The van der Waals surface area contributed by atoms with Gasteiger partial charge in [-0.3, -0.25) is 0 Å². The van der Waals surface area contributed by atoms with Gasteiger partial charge in [0.2, 0.25) is 0 Å². The Morgan fingerprint density at radius 2 is 1.72 bits per heavy atom. The highest BCUT2D eigenvalue weighted by Crippen LogP contribution is 2.31. The lowest BCUT2D eigenvalue weighted by Gasteiger charge is -2.17. The number of rotatable bonds is 6. The number of hydrogen-bond acceptors (Lipinski definition) is 5. The van der Waals surface area contributed by atoms with Crippen molar-refractivity contribution >= 4 is 16.7 Å². The van der Waals surface area contributed by atoms with Crippen LogP contribution in [-0.4, -0.2) is 33.7 Å². The first kappa shape index (κ1) is 20.2. The van der Waals surface area contributed by atoms with Gasteiger partial charge in [-0.15, -0.1) is 0 Å². The standard InChI is InChI=1S/C27H26N4O/c1-18(15-19-9-3-2-4-10-19)24-16-20(17-28-24)29-26-21-11-5-7-13-23(21)30-27(31-26)22-12-6-8-14-25(22)32/h2-14,20,24,28,32H,1,15-17H2,(H,29,30,31)/t20-,24+/m0/s1. The van der Waals surface area contributed by atoms with E-state index in [9.17, 15) is 5.11 Å². The van der Waals surface area contributed by atoms with E-state index in [-0.39, 0.29) is 17.8 Å². The van der Waals surface area contributed by atoms with Gasteiger partial charge in [-0.2, -0.15) is 0 Å².